The maximum Gasteiger partial charge on any atom is 0.238 e. The van der Waals surface area contributed by atoms with Gasteiger partial charge in [0.25, 0.3) is 0 Å². The van der Waals surface area contributed by atoms with E-state index in [-0.39, 0.29) is 5.91 Å². The minimum atomic E-state index is -0.682. The molecule has 3 N–H and O–H groups in total. The summed E-state index contributed by atoms with van der Waals surface area (Å²) in [6.07, 6.45) is 2.71. The Hall–Kier alpha value is -1.07. The van der Waals surface area contributed by atoms with Crippen molar-refractivity contribution in [2.75, 3.05) is 12.3 Å². The molecule has 0 radical (unpaired) electrons. The average molecular weight is 253 g/mol. The molecule has 1 amide bonds. The molecule has 0 aliphatic heterocycles. The molecule has 0 saturated heterocycles. The molecular weight excluding hydrogens is 234 g/mol. The Morgan fingerprint density at radius 3 is 2.88 bits per heavy atom. The summed E-state index contributed by atoms with van der Waals surface area (Å²) in [4.78, 5) is 15.7. The number of nitrogens with zero attached hydrogens (tertiary/aromatic N) is 1. The van der Waals surface area contributed by atoms with Crippen molar-refractivity contribution in [2.45, 2.75) is 30.8 Å². The van der Waals surface area contributed by atoms with E-state index in [1.165, 1.54) is 11.8 Å². The van der Waals surface area contributed by atoms with Crippen LogP contribution in [0.1, 0.15) is 20.3 Å². The van der Waals surface area contributed by atoms with Gasteiger partial charge in [0.1, 0.15) is 5.54 Å². The topological polar surface area (TPSA) is 68.0 Å². The number of thioether (sulfide) groups is 1. The molecule has 5 heteroatoms. The zero-order valence-electron chi connectivity index (χ0n) is 10.3. The lowest BCUT2D eigenvalue weighted by atomic mass is 10.1. The number of hydrogen-bond donors (Lipinski definition) is 2. The zero-order chi connectivity index (χ0) is 12.7. The van der Waals surface area contributed by atoms with Crippen LogP contribution in [0.5, 0.6) is 0 Å². The molecule has 0 spiro atoms. The van der Waals surface area contributed by atoms with Crippen LogP contribution < -0.4 is 11.1 Å². The summed E-state index contributed by atoms with van der Waals surface area (Å²) in [5.74, 6) is 0.258. The second-order valence-corrected chi connectivity index (χ2v) is 5.08. The summed E-state index contributed by atoms with van der Waals surface area (Å²) in [5.41, 5.74) is 4.76. The lowest BCUT2D eigenvalue weighted by Gasteiger charge is -2.26. The second-order valence-electron chi connectivity index (χ2n) is 4.08. The Morgan fingerprint density at radius 2 is 2.35 bits per heavy atom. The molecule has 0 aromatic carbocycles. The lowest BCUT2D eigenvalue weighted by molar-refractivity contribution is -0.122. The van der Waals surface area contributed by atoms with Gasteiger partial charge in [-0.1, -0.05) is 13.0 Å². The van der Waals surface area contributed by atoms with Gasteiger partial charge in [-0.2, -0.15) is 0 Å². The molecule has 1 rings (SSSR count). The highest BCUT2D eigenvalue weighted by Crippen LogP contribution is 2.20. The van der Waals surface area contributed by atoms with Crippen LogP contribution in [-0.4, -0.2) is 28.7 Å². The molecule has 1 aromatic heterocycles. The highest BCUT2D eigenvalue weighted by Gasteiger charge is 2.30. The van der Waals surface area contributed by atoms with E-state index < -0.39 is 5.54 Å². The summed E-state index contributed by atoms with van der Waals surface area (Å²) in [6.45, 7) is 4.67. The number of nitrogens with two attached hydrogens (primary N) is 1. The van der Waals surface area contributed by atoms with E-state index in [1.54, 1.807) is 6.20 Å². The number of carbonyl (C=O) groups excluding carboxylic acids is 1. The van der Waals surface area contributed by atoms with Crippen LogP contribution in [0.4, 0.5) is 0 Å². The maximum absolute atomic E-state index is 11.5. The van der Waals surface area contributed by atoms with E-state index in [0.29, 0.717) is 5.75 Å². The Morgan fingerprint density at radius 1 is 1.59 bits per heavy atom. The third kappa shape index (κ3) is 4.36. The van der Waals surface area contributed by atoms with E-state index >= 15 is 0 Å². The van der Waals surface area contributed by atoms with Crippen LogP contribution >= 0.6 is 11.8 Å². The third-order valence-corrected chi connectivity index (χ3v) is 3.71. The fraction of sp³-hybridized carbons (Fsp3) is 0.500. The van der Waals surface area contributed by atoms with Gasteiger partial charge >= 0.3 is 0 Å². The molecule has 17 heavy (non-hydrogen) atoms. The van der Waals surface area contributed by atoms with Crippen molar-refractivity contribution >= 4 is 17.7 Å². The van der Waals surface area contributed by atoms with Gasteiger partial charge in [-0.25, -0.2) is 4.98 Å². The average Bonchev–Trinajstić information content (AvgIpc) is 2.35. The minimum Gasteiger partial charge on any atom is -0.368 e. The van der Waals surface area contributed by atoms with Gasteiger partial charge in [0.05, 0.1) is 5.03 Å². The first kappa shape index (κ1) is 14.0. The summed E-state index contributed by atoms with van der Waals surface area (Å²) in [6, 6.07) is 5.72. The molecule has 1 unspecified atom stereocenters. The normalized spacial score (nSPS) is 14.2. The van der Waals surface area contributed by atoms with Gasteiger partial charge in [-0.15, -0.1) is 11.8 Å². The Kier molecular flexibility index (Phi) is 5.44. The Bertz CT molecular complexity index is 358. The summed E-state index contributed by atoms with van der Waals surface area (Å²) < 4.78 is 0. The van der Waals surface area contributed by atoms with Crippen LogP contribution in [0.2, 0.25) is 0 Å². The lowest BCUT2D eigenvalue weighted by Crippen LogP contribution is -2.55. The zero-order valence-corrected chi connectivity index (χ0v) is 11.1. The van der Waals surface area contributed by atoms with Crippen LogP contribution in [0, 0.1) is 0 Å². The molecule has 0 bridgehead atoms. The predicted octanol–water partition coefficient (Wildman–Crippen LogP) is 1.42. The SMILES string of the molecule is CCCNC(C)(CSc1ccccn1)C(N)=O. The monoisotopic (exact) mass is 253 g/mol. The van der Waals surface area contributed by atoms with Crippen molar-refractivity contribution in [3.8, 4) is 0 Å². The van der Waals surface area contributed by atoms with Crippen molar-refractivity contribution in [3.63, 3.8) is 0 Å². The van der Waals surface area contributed by atoms with Gasteiger partial charge in [0.2, 0.25) is 5.91 Å². The molecular formula is C12H19N3OS. The van der Waals surface area contributed by atoms with Crippen LogP contribution in [0.3, 0.4) is 0 Å². The summed E-state index contributed by atoms with van der Waals surface area (Å²) in [5, 5.41) is 4.09. The van der Waals surface area contributed by atoms with E-state index in [9.17, 15) is 4.79 Å². The number of primary amides is 1. The first-order valence-electron chi connectivity index (χ1n) is 5.67. The number of pyridine rings is 1. The number of aromatic nitrogens is 1. The van der Waals surface area contributed by atoms with Crippen molar-refractivity contribution in [1.82, 2.24) is 10.3 Å². The molecule has 0 aliphatic carbocycles. The molecule has 1 heterocycles. The second kappa shape index (κ2) is 6.61. The fourth-order valence-electron chi connectivity index (χ4n) is 1.26. The van der Waals surface area contributed by atoms with E-state index in [4.69, 9.17) is 5.73 Å². The maximum atomic E-state index is 11.5. The number of nitrogens with one attached hydrogen (secondary N) is 1. The van der Waals surface area contributed by atoms with E-state index in [0.717, 1.165) is 18.0 Å². The highest BCUT2D eigenvalue weighted by atomic mass is 32.2. The number of hydrogen-bond acceptors (Lipinski definition) is 4. The van der Waals surface area contributed by atoms with E-state index in [1.807, 2.05) is 25.1 Å². The molecule has 0 fully saturated rings. The van der Waals surface area contributed by atoms with Crippen molar-refractivity contribution in [2.24, 2.45) is 5.73 Å². The summed E-state index contributed by atoms with van der Waals surface area (Å²) >= 11 is 1.53. The van der Waals surface area contributed by atoms with Crippen molar-refractivity contribution in [1.29, 1.82) is 0 Å². The third-order valence-electron chi connectivity index (χ3n) is 2.46. The molecule has 0 aliphatic rings. The number of amides is 1. The highest BCUT2D eigenvalue weighted by molar-refractivity contribution is 7.99. The molecule has 1 aromatic rings. The first-order valence-corrected chi connectivity index (χ1v) is 6.66. The standard InChI is InChI=1S/C12H19N3OS/c1-3-7-15-12(2,11(13)16)9-17-10-6-4-5-8-14-10/h4-6,8,15H,3,7,9H2,1-2H3,(H2,13,16). The Balaban J connectivity index is 2.58. The first-order chi connectivity index (χ1) is 8.08. The fourth-order valence-corrected chi connectivity index (χ4v) is 2.25. The molecule has 0 saturated carbocycles. The van der Waals surface area contributed by atoms with E-state index in [2.05, 4.69) is 17.2 Å². The molecule has 1 atom stereocenters. The van der Waals surface area contributed by atoms with Crippen molar-refractivity contribution in [3.05, 3.63) is 24.4 Å². The largest absolute Gasteiger partial charge is 0.368 e. The van der Waals surface area contributed by atoms with Gasteiger partial charge in [-0.05, 0) is 32.0 Å². The van der Waals surface area contributed by atoms with Crippen LogP contribution in [0.25, 0.3) is 0 Å². The van der Waals surface area contributed by atoms with Crippen molar-refractivity contribution < 1.29 is 4.79 Å². The predicted molar refractivity (Wildman–Crippen MR) is 70.9 cm³/mol. The Labute approximate surface area is 106 Å². The summed E-state index contributed by atoms with van der Waals surface area (Å²) in [7, 11) is 0. The quantitative estimate of drug-likeness (QED) is 0.721. The minimum absolute atomic E-state index is 0.325. The van der Waals surface area contributed by atoms with Gasteiger partial charge < -0.3 is 11.1 Å². The molecule has 4 nitrogen and oxygen atoms in total. The smallest absolute Gasteiger partial charge is 0.238 e. The number of rotatable bonds is 7. The van der Waals surface area contributed by atoms with Gasteiger partial charge in [0, 0.05) is 11.9 Å². The van der Waals surface area contributed by atoms with Gasteiger partial charge in [0.15, 0.2) is 0 Å². The molecule has 94 valence electrons. The van der Waals surface area contributed by atoms with Crippen LogP contribution in [0.15, 0.2) is 29.4 Å². The number of carbonyl (C=O) groups is 1. The van der Waals surface area contributed by atoms with Crippen LogP contribution in [-0.2, 0) is 4.79 Å². The van der Waals surface area contributed by atoms with Gasteiger partial charge in [-0.3, -0.25) is 4.79 Å².